The summed E-state index contributed by atoms with van der Waals surface area (Å²) in [6.07, 6.45) is 6.90. The molecule has 1 saturated carbocycles. The van der Waals surface area contributed by atoms with Crippen LogP contribution >= 0.6 is 0 Å². The van der Waals surface area contributed by atoms with Crippen LogP contribution in [0, 0.1) is 11.8 Å². The minimum absolute atomic E-state index is 0.584. The summed E-state index contributed by atoms with van der Waals surface area (Å²) in [6.45, 7) is 6.10. The SMILES string of the molecule is CC(C)CN=C(N)NCCC1CCCC1. The van der Waals surface area contributed by atoms with Crippen molar-refractivity contribution in [3.8, 4) is 0 Å². The number of nitrogens with zero attached hydrogens (tertiary/aromatic N) is 1. The molecule has 0 atom stereocenters. The van der Waals surface area contributed by atoms with Gasteiger partial charge < -0.3 is 11.1 Å². The maximum atomic E-state index is 5.75. The molecule has 1 aliphatic carbocycles. The van der Waals surface area contributed by atoms with Crippen LogP contribution in [0.2, 0.25) is 0 Å². The molecule has 0 aliphatic heterocycles. The Hall–Kier alpha value is -0.730. The van der Waals surface area contributed by atoms with Crippen LogP contribution in [0.4, 0.5) is 0 Å². The second-order valence-corrected chi connectivity index (χ2v) is 4.99. The first kappa shape index (κ1) is 12.3. The molecule has 1 rings (SSSR count). The third-order valence-corrected chi connectivity index (χ3v) is 2.96. The lowest BCUT2D eigenvalue weighted by atomic mass is 10.0. The van der Waals surface area contributed by atoms with Gasteiger partial charge in [-0.05, 0) is 18.3 Å². The molecule has 0 saturated heterocycles. The van der Waals surface area contributed by atoms with Gasteiger partial charge >= 0.3 is 0 Å². The van der Waals surface area contributed by atoms with Crippen LogP contribution in [0.1, 0.15) is 46.0 Å². The Bertz CT molecular complexity index is 193. The van der Waals surface area contributed by atoms with Crippen LogP contribution in [0.25, 0.3) is 0 Å². The first-order valence-electron chi connectivity index (χ1n) is 6.22. The molecule has 0 heterocycles. The van der Waals surface area contributed by atoms with Gasteiger partial charge in [-0.3, -0.25) is 4.99 Å². The molecular formula is C12H25N3. The van der Waals surface area contributed by atoms with Crippen LogP contribution in [0.15, 0.2) is 4.99 Å². The fourth-order valence-corrected chi connectivity index (χ4v) is 2.04. The summed E-state index contributed by atoms with van der Waals surface area (Å²) in [4.78, 5) is 4.27. The predicted octanol–water partition coefficient (Wildman–Crippen LogP) is 2.13. The molecule has 15 heavy (non-hydrogen) atoms. The number of nitrogens with two attached hydrogens (primary N) is 1. The van der Waals surface area contributed by atoms with Gasteiger partial charge in [0.05, 0.1) is 0 Å². The second kappa shape index (κ2) is 6.70. The lowest BCUT2D eigenvalue weighted by Crippen LogP contribution is -2.33. The molecule has 3 heteroatoms. The molecule has 0 aromatic carbocycles. The molecule has 88 valence electrons. The molecule has 1 fully saturated rings. The quantitative estimate of drug-likeness (QED) is 0.540. The standard InChI is InChI=1S/C12H25N3/c1-10(2)9-15-12(13)14-8-7-11-5-3-4-6-11/h10-11H,3-9H2,1-2H3,(H3,13,14,15). The Labute approximate surface area is 93.5 Å². The smallest absolute Gasteiger partial charge is 0.188 e. The first-order chi connectivity index (χ1) is 7.18. The highest BCUT2D eigenvalue weighted by atomic mass is 15.1. The monoisotopic (exact) mass is 211 g/mol. The second-order valence-electron chi connectivity index (χ2n) is 4.99. The van der Waals surface area contributed by atoms with Gasteiger partial charge in [0.15, 0.2) is 5.96 Å². The zero-order valence-corrected chi connectivity index (χ0v) is 10.1. The van der Waals surface area contributed by atoms with Crippen LogP contribution in [-0.4, -0.2) is 19.0 Å². The lowest BCUT2D eigenvalue weighted by Gasteiger charge is -2.10. The van der Waals surface area contributed by atoms with Gasteiger partial charge in [0.25, 0.3) is 0 Å². The Morgan fingerprint density at radius 2 is 2.07 bits per heavy atom. The Morgan fingerprint density at radius 1 is 1.40 bits per heavy atom. The number of aliphatic imine (C=N–C) groups is 1. The maximum absolute atomic E-state index is 5.75. The molecule has 0 unspecified atom stereocenters. The summed E-state index contributed by atoms with van der Waals surface area (Å²) in [5, 5.41) is 3.19. The molecule has 0 aromatic rings. The van der Waals surface area contributed by atoms with Crippen LogP contribution < -0.4 is 11.1 Å². The molecule has 0 bridgehead atoms. The summed E-state index contributed by atoms with van der Waals surface area (Å²) in [5.41, 5.74) is 5.75. The van der Waals surface area contributed by atoms with Gasteiger partial charge in [0, 0.05) is 13.1 Å². The van der Waals surface area contributed by atoms with Gasteiger partial charge in [-0.25, -0.2) is 0 Å². The number of nitrogens with one attached hydrogen (secondary N) is 1. The van der Waals surface area contributed by atoms with Crippen molar-refractivity contribution in [2.45, 2.75) is 46.0 Å². The molecular weight excluding hydrogens is 186 g/mol. The number of hydrogen-bond donors (Lipinski definition) is 2. The van der Waals surface area contributed by atoms with E-state index in [0.29, 0.717) is 11.9 Å². The van der Waals surface area contributed by atoms with Crippen molar-refractivity contribution in [2.75, 3.05) is 13.1 Å². The third kappa shape index (κ3) is 5.65. The molecule has 0 radical (unpaired) electrons. The van der Waals surface area contributed by atoms with Gasteiger partial charge in [-0.2, -0.15) is 0 Å². The molecule has 1 aliphatic rings. The average molecular weight is 211 g/mol. The largest absolute Gasteiger partial charge is 0.370 e. The van der Waals surface area contributed by atoms with Gasteiger partial charge in [0.2, 0.25) is 0 Å². The van der Waals surface area contributed by atoms with Crippen molar-refractivity contribution >= 4 is 5.96 Å². The first-order valence-corrected chi connectivity index (χ1v) is 6.22. The lowest BCUT2D eigenvalue weighted by molar-refractivity contribution is 0.499. The average Bonchev–Trinajstić information content (AvgIpc) is 2.67. The van der Waals surface area contributed by atoms with E-state index in [2.05, 4.69) is 24.2 Å². The van der Waals surface area contributed by atoms with Crippen LogP contribution in [0.3, 0.4) is 0 Å². The fraction of sp³-hybridized carbons (Fsp3) is 0.917. The molecule has 3 N–H and O–H groups in total. The summed E-state index contributed by atoms with van der Waals surface area (Å²) < 4.78 is 0. The van der Waals surface area contributed by atoms with Crippen LogP contribution in [-0.2, 0) is 0 Å². The van der Waals surface area contributed by atoms with E-state index >= 15 is 0 Å². The van der Waals surface area contributed by atoms with Gasteiger partial charge in [-0.15, -0.1) is 0 Å². The normalized spacial score (nSPS) is 18.7. The van der Waals surface area contributed by atoms with Crippen molar-refractivity contribution in [1.82, 2.24) is 5.32 Å². The highest BCUT2D eigenvalue weighted by Gasteiger charge is 2.13. The van der Waals surface area contributed by atoms with E-state index in [9.17, 15) is 0 Å². The predicted molar refractivity (Wildman–Crippen MR) is 65.9 cm³/mol. The zero-order valence-electron chi connectivity index (χ0n) is 10.1. The maximum Gasteiger partial charge on any atom is 0.188 e. The Morgan fingerprint density at radius 3 is 2.67 bits per heavy atom. The van der Waals surface area contributed by atoms with E-state index < -0.39 is 0 Å². The van der Waals surface area contributed by atoms with Crippen molar-refractivity contribution in [1.29, 1.82) is 0 Å². The van der Waals surface area contributed by atoms with Crippen molar-refractivity contribution in [2.24, 2.45) is 22.6 Å². The van der Waals surface area contributed by atoms with E-state index in [0.717, 1.165) is 19.0 Å². The molecule has 0 amide bonds. The Kier molecular flexibility index (Phi) is 5.51. The van der Waals surface area contributed by atoms with Crippen molar-refractivity contribution in [3.63, 3.8) is 0 Å². The molecule has 0 aromatic heterocycles. The minimum atomic E-state index is 0.584. The highest BCUT2D eigenvalue weighted by Crippen LogP contribution is 2.26. The van der Waals surface area contributed by atoms with Gasteiger partial charge in [-0.1, -0.05) is 39.5 Å². The fourth-order valence-electron chi connectivity index (χ4n) is 2.04. The zero-order chi connectivity index (χ0) is 11.1. The van der Waals surface area contributed by atoms with Crippen LogP contribution in [0.5, 0.6) is 0 Å². The van der Waals surface area contributed by atoms with Crippen molar-refractivity contribution in [3.05, 3.63) is 0 Å². The topological polar surface area (TPSA) is 50.4 Å². The Balaban J connectivity index is 2.05. The van der Waals surface area contributed by atoms with Crippen molar-refractivity contribution < 1.29 is 0 Å². The summed E-state index contributed by atoms with van der Waals surface area (Å²) in [7, 11) is 0. The number of rotatable bonds is 5. The number of hydrogen-bond acceptors (Lipinski definition) is 1. The summed E-state index contributed by atoms with van der Waals surface area (Å²) >= 11 is 0. The number of guanidine groups is 1. The van der Waals surface area contributed by atoms with E-state index in [1.54, 1.807) is 0 Å². The van der Waals surface area contributed by atoms with E-state index in [-0.39, 0.29) is 0 Å². The summed E-state index contributed by atoms with van der Waals surface area (Å²) in [6, 6.07) is 0. The highest BCUT2D eigenvalue weighted by molar-refractivity contribution is 5.77. The van der Waals surface area contributed by atoms with E-state index in [1.165, 1.54) is 32.1 Å². The minimum Gasteiger partial charge on any atom is -0.370 e. The van der Waals surface area contributed by atoms with E-state index in [1.807, 2.05) is 0 Å². The van der Waals surface area contributed by atoms with E-state index in [4.69, 9.17) is 5.73 Å². The molecule has 0 spiro atoms. The summed E-state index contributed by atoms with van der Waals surface area (Å²) in [5.74, 6) is 2.12. The molecule has 3 nitrogen and oxygen atoms in total. The van der Waals surface area contributed by atoms with Gasteiger partial charge in [0.1, 0.15) is 0 Å². The third-order valence-electron chi connectivity index (χ3n) is 2.96.